The maximum atomic E-state index is 12.5. The topological polar surface area (TPSA) is 51.3 Å². The monoisotopic (exact) mass is 353 g/mol. The molecule has 0 atom stereocenters. The molecule has 140 valence electrons. The molecule has 0 aliphatic carbocycles. The number of benzene rings is 1. The van der Waals surface area contributed by atoms with Gasteiger partial charge in [0.15, 0.2) is 5.78 Å². The molecule has 0 spiro atoms. The summed E-state index contributed by atoms with van der Waals surface area (Å²) >= 11 is 0. The number of nitrogens with zero attached hydrogens (tertiary/aromatic N) is 2. The van der Waals surface area contributed by atoms with Crippen molar-refractivity contribution in [3.8, 4) is 0 Å². The number of fused-ring (bicyclic) bond motifs is 1. The molecule has 4 nitrogen and oxygen atoms in total. The van der Waals surface area contributed by atoms with Gasteiger partial charge in [0.25, 0.3) is 0 Å². The number of rotatable bonds is 7. The number of Topliss-reactive ketones (excluding diaryl/α,β-unsaturated/α-hetero) is 1. The fraction of sp³-hybridized carbons (Fsp3) is 0.500. The number of allylic oxidation sites excluding steroid dienone is 2. The van der Waals surface area contributed by atoms with E-state index in [2.05, 4.69) is 31.0 Å². The van der Waals surface area contributed by atoms with Gasteiger partial charge >= 0.3 is 0 Å². The summed E-state index contributed by atoms with van der Waals surface area (Å²) < 4.78 is 1.72. The Bertz CT molecular complexity index is 782. The Morgan fingerprint density at radius 3 is 2.69 bits per heavy atom. The van der Waals surface area contributed by atoms with E-state index in [9.17, 15) is 4.79 Å². The summed E-state index contributed by atoms with van der Waals surface area (Å²) in [5.41, 5.74) is 3.10. The van der Waals surface area contributed by atoms with Gasteiger partial charge in [0.2, 0.25) is 0 Å². The summed E-state index contributed by atoms with van der Waals surface area (Å²) in [6.45, 7) is 7.80. The molecule has 1 aromatic carbocycles. The van der Waals surface area contributed by atoms with Crippen molar-refractivity contribution in [1.29, 1.82) is 0 Å². The van der Waals surface area contributed by atoms with Gasteiger partial charge in [-0.3, -0.25) is 9.47 Å². The van der Waals surface area contributed by atoms with E-state index < -0.39 is 0 Å². The smallest absolute Gasteiger partial charge is 0.166 e. The van der Waals surface area contributed by atoms with Crippen molar-refractivity contribution < 1.29 is 4.79 Å². The first kappa shape index (κ1) is 18.7. The summed E-state index contributed by atoms with van der Waals surface area (Å²) in [6.07, 6.45) is 11.0. The number of nitrogens with two attached hydrogens (primary N) is 1. The lowest BCUT2D eigenvalue weighted by Gasteiger charge is -2.31. The first-order valence-electron chi connectivity index (χ1n) is 9.94. The standard InChI is InChI=1S/C22H31N3O/c1-3-5-6-7-22(26)18-8-9-21-19(15-18)20(16-25(21)23)17-10-13-24(12-4-2)14-11-17/h5-6,8-9,15-17H,3-4,7,10-14,23H2,1-2H3. The van der Waals surface area contributed by atoms with Gasteiger partial charge in [-0.25, -0.2) is 0 Å². The van der Waals surface area contributed by atoms with Crippen molar-refractivity contribution in [2.75, 3.05) is 25.5 Å². The number of carbonyl (C=O) groups excluding carboxylic acids is 1. The molecule has 2 heterocycles. The molecule has 2 N–H and O–H groups in total. The lowest BCUT2D eigenvalue weighted by atomic mass is 9.88. The van der Waals surface area contributed by atoms with Crippen LogP contribution in [0.1, 0.15) is 67.8 Å². The molecule has 1 aliphatic rings. The molecule has 0 amide bonds. The minimum absolute atomic E-state index is 0.171. The highest BCUT2D eigenvalue weighted by molar-refractivity contribution is 6.01. The van der Waals surface area contributed by atoms with Gasteiger partial charge in [-0.1, -0.05) is 26.0 Å². The van der Waals surface area contributed by atoms with Gasteiger partial charge in [0.1, 0.15) is 0 Å². The maximum Gasteiger partial charge on any atom is 0.166 e. The summed E-state index contributed by atoms with van der Waals surface area (Å²) in [4.78, 5) is 15.0. The first-order chi connectivity index (χ1) is 12.6. The predicted octanol–water partition coefficient (Wildman–Crippen LogP) is 4.48. The van der Waals surface area contributed by atoms with E-state index >= 15 is 0 Å². The highest BCUT2D eigenvalue weighted by Crippen LogP contribution is 2.34. The van der Waals surface area contributed by atoms with Crippen LogP contribution in [0.3, 0.4) is 0 Å². The van der Waals surface area contributed by atoms with E-state index in [4.69, 9.17) is 5.84 Å². The van der Waals surface area contributed by atoms with Crippen molar-refractivity contribution in [2.24, 2.45) is 0 Å². The normalized spacial score (nSPS) is 16.7. The third kappa shape index (κ3) is 4.01. The summed E-state index contributed by atoms with van der Waals surface area (Å²) in [7, 11) is 0. The van der Waals surface area contributed by atoms with Crippen LogP contribution in [0, 0.1) is 0 Å². The fourth-order valence-corrected chi connectivity index (χ4v) is 4.04. The molecule has 26 heavy (non-hydrogen) atoms. The Morgan fingerprint density at radius 2 is 2.00 bits per heavy atom. The third-order valence-electron chi connectivity index (χ3n) is 5.46. The van der Waals surface area contributed by atoms with Gasteiger partial charge in [0.05, 0.1) is 5.52 Å². The summed E-state index contributed by atoms with van der Waals surface area (Å²) in [6, 6.07) is 5.94. The van der Waals surface area contributed by atoms with Crippen LogP contribution in [0.5, 0.6) is 0 Å². The zero-order chi connectivity index (χ0) is 18.5. The van der Waals surface area contributed by atoms with Gasteiger partial charge < -0.3 is 10.7 Å². The average molecular weight is 354 g/mol. The Kier molecular flexibility index (Phi) is 6.15. The van der Waals surface area contributed by atoms with Gasteiger partial charge in [-0.05, 0) is 75.0 Å². The Hall–Kier alpha value is -2.07. The zero-order valence-electron chi connectivity index (χ0n) is 16.1. The van der Waals surface area contributed by atoms with Crippen LogP contribution < -0.4 is 5.84 Å². The predicted molar refractivity (Wildman–Crippen MR) is 109 cm³/mol. The molecular formula is C22H31N3O. The van der Waals surface area contributed by atoms with Crippen molar-refractivity contribution in [3.05, 3.63) is 47.7 Å². The third-order valence-corrected chi connectivity index (χ3v) is 5.46. The summed E-state index contributed by atoms with van der Waals surface area (Å²) in [5.74, 6) is 6.89. The van der Waals surface area contributed by atoms with Crippen molar-refractivity contribution in [2.45, 2.75) is 51.9 Å². The number of hydrogen-bond donors (Lipinski definition) is 1. The van der Waals surface area contributed by atoms with E-state index in [-0.39, 0.29) is 5.78 Å². The number of carbonyl (C=O) groups is 1. The van der Waals surface area contributed by atoms with Crippen molar-refractivity contribution in [3.63, 3.8) is 0 Å². The van der Waals surface area contributed by atoms with E-state index in [1.165, 1.54) is 18.5 Å². The van der Waals surface area contributed by atoms with Crippen molar-refractivity contribution >= 4 is 16.7 Å². The summed E-state index contributed by atoms with van der Waals surface area (Å²) in [5, 5.41) is 1.15. The lowest BCUT2D eigenvalue weighted by molar-refractivity contribution is 0.0996. The number of aromatic nitrogens is 1. The van der Waals surface area contributed by atoms with Crippen LogP contribution in [0.2, 0.25) is 0 Å². The maximum absolute atomic E-state index is 12.5. The van der Waals surface area contributed by atoms with Crippen molar-refractivity contribution in [1.82, 2.24) is 9.58 Å². The second kappa shape index (κ2) is 8.54. The molecule has 0 saturated carbocycles. The van der Waals surface area contributed by atoms with E-state index in [1.54, 1.807) is 4.68 Å². The number of piperidine rings is 1. The van der Waals surface area contributed by atoms with Crippen LogP contribution in [-0.4, -0.2) is 35.0 Å². The highest BCUT2D eigenvalue weighted by atomic mass is 16.1. The molecule has 4 heteroatoms. The number of nitrogen functional groups attached to an aromatic ring is 1. The SMILES string of the molecule is CCC=CCC(=O)c1ccc2c(c1)c(C1CCN(CCC)CC1)cn2N. The number of hydrogen-bond acceptors (Lipinski definition) is 3. The zero-order valence-corrected chi connectivity index (χ0v) is 16.1. The van der Waals surface area contributed by atoms with E-state index in [1.807, 2.05) is 24.3 Å². The molecule has 0 bridgehead atoms. The van der Waals surface area contributed by atoms with Crippen LogP contribution >= 0.6 is 0 Å². The highest BCUT2D eigenvalue weighted by Gasteiger charge is 2.23. The van der Waals surface area contributed by atoms with Gasteiger partial charge in [-0.2, -0.15) is 0 Å². The first-order valence-corrected chi connectivity index (χ1v) is 9.94. The average Bonchev–Trinajstić information content (AvgIpc) is 2.99. The molecule has 3 rings (SSSR count). The molecule has 1 saturated heterocycles. The van der Waals surface area contributed by atoms with E-state index in [0.717, 1.165) is 48.8 Å². The fourth-order valence-electron chi connectivity index (χ4n) is 4.04. The molecule has 0 radical (unpaired) electrons. The quantitative estimate of drug-likeness (QED) is 0.453. The van der Waals surface area contributed by atoms with Gasteiger partial charge in [-0.15, -0.1) is 0 Å². The Morgan fingerprint density at radius 1 is 1.23 bits per heavy atom. The Labute approximate surface area is 156 Å². The van der Waals surface area contributed by atoms with Crippen LogP contribution in [0.25, 0.3) is 10.9 Å². The molecule has 2 aromatic rings. The van der Waals surface area contributed by atoms with Crippen LogP contribution in [0.4, 0.5) is 0 Å². The second-order valence-electron chi connectivity index (χ2n) is 7.35. The largest absolute Gasteiger partial charge is 0.339 e. The molecular weight excluding hydrogens is 322 g/mol. The number of likely N-dealkylation sites (tertiary alicyclic amines) is 1. The van der Waals surface area contributed by atoms with Crippen LogP contribution in [-0.2, 0) is 0 Å². The molecule has 0 unspecified atom stereocenters. The second-order valence-corrected chi connectivity index (χ2v) is 7.35. The minimum atomic E-state index is 0.171. The van der Waals surface area contributed by atoms with Crippen LogP contribution in [0.15, 0.2) is 36.5 Å². The molecule has 1 fully saturated rings. The minimum Gasteiger partial charge on any atom is -0.339 e. The Balaban J connectivity index is 1.83. The lowest BCUT2D eigenvalue weighted by Crippen LogP contribution is -2.33. The van der Waals surface area contributed by atoms with Gasteiger partial charge in [0, 0.05) is 23.6 Å². The number of ketones is 1. The van der Waals surface area contributed by atoms with E-state index in [0.29, 0.717) is 12.3 Å². The molecule has 1 aromatic heterocycles. The molecule has 1 aliphatic heterocycles.